The zero-order chi connectivity index (χ0) is 17.3. The Balaban J connectivity index is 2.05. The summed E-state index contributed by atoms with van der Waals surface area (Å²) in [6.45, 7) is 8.73. The van der Waals surface area contributed by atoms with Crippen LogP contribution in [-0.2, 0) is 14.1 Å². The number of aromatic nitrogens is 1. The number of hydrogen-bond donors (Lipinski definition) is 1. The van der Waals surface area contributed by atoms with Gasteiger partial charge < -0.3 is 19.5 Å². The summed E-state index contributed by atoms with van der Waals surface area (Å²) in [5.41, 5.74) is 0.653. The number of carbonyl (C=O) groups excluding carboxylic acids is 1. The lowest BCUT2D eigenvalue weighted by atomic mass is 9.80. The molecular weight excluding hydrogens is 293 g/mol. The van der Waals surface area contributed by atoms with Gasteiger partial charge in [-0.05, 0) is 47.9 Å². The van der Waals surface area contributed by atoms with Crippen LogP contribution in [0.25, 0.3) is 0 Å². The largest absolute Gasteiger partial charge is 0.496 e. The first-order chi connectivity index (χ1) is 10.6. The van der Waals surface area contributed by atoms with E-state index in [1.165, 1.54) is 0 Å². The molecule has 0 radical (unpaired) electrons. The van der Waals surface area contributed by atoms with E-state index in [0.717, 1.165) is 5.46 Å². The summed E-state index contributed by atoms with van der Waals surface area (Å²) in [5, 5.41) is 2.86. The van der Waals surface area contributed by atoms with Crippen LogP contribution in [0.4, 0.5) is 5.69 Å². The molecule has 2 rings (SSSR count). The summed E-state index contributed by atoms with van der Waals surface area (Å²) in [4.78, 5) is 18.1. The van der Waals surface area contributed by atoms with Crippen molar-refractivity contribution in [2.24, 2.45) is 0 Å². The molecule has 23 heavy (non-hydrogen) atoms. The lowest BCUT2D eigenvalue weighted by Gasteiger charge is -2.32. The van der Waals surface area contributed by atoms with Crippen LogP contribution in [0.1, 0.15) is 34.1 Å². The van der Waals surface area contributed by atoms with Crippen molar-refractivity contribution in [3.63, 3.8) is 0 Å². The quantitative estimate of drug-likeness (QED) is 0.828. The molecule has 0 spiro atoms. The van der Waals surface area contributed by atoms with Crippen molar-refractivity contribution in [3.8, 4) is 0 Å². The van der Waals surface area contributed by atoms with Crippen LogP contribution >= 0.6 is 0 Å². The van der Waals surface area contributed by atoms with Crippen molar-refractivity contribution >= 4 is 24.2 Å². The molecule has 1 fully saturated rings. The van der Waals surface area contributed by atoms with Crippen LogP contribution in [0.5, 0.6) is 0 Å². The molecule has 6 nitrogen and oxygen atoms in total. The molecule has 1 N–H and O–H groups in total. The molecule has 7 heteroatoms. The van der Waals surface area contributed by atoms with E-state index in [2.05, 4.69) is 10.3 Å². The maximum Gasteiger partial charge on any atom is 0.496 e. The fourth-order valence-electron chi connectivity index (χ4n) is 2.18. The minimum atomic E-state index is -0.480. The number of nitrogens with one attached hydrogen (secondary N) is 1. The molecule has 0 unspecified atom stereocenters. The average Bonchev–Trinajstić information content (AvgIpc) is 2.66. The summed E-state index contributed by atoms with van der Waals surface area (Å²) in [7, 11) is 3.40. The Bertz CT molecular complexity index is 559. The second-order valence-electron chi connectivity index (χ2n) is 7.20. The Kier molecular flexibility index (Phi) is 5.13. The number of anilines is 1. The molecule has 0 aromatic carbocycles. The third-order valence-corrected chi connectivity index (χ3v) is 4.35. The zero-order valence-corrected chi connectivity index (χ0v) is 14.8. The summed E-state index contributed by atoms with van der Waals surface area (Å²) >= 11 is 0. The monoisotopic (exact) mass is 319 g/mol. The topological polar surface area (TPSA) is 63.7 Å². The van der Waals surface area contributed by atoms with Crippen LogP contribution < -0.4 is 10.8 Å². The van der Waals surface area contributed by atoms with E-state index in [4.69, 9.17) is 9.31 Å². The van der Waals surface area contributed by atoms with Gasteiger partial charge >= 0.3 is 7.12 Å². The second kappa shape index (κ2) is 6.59. The van der Waals surface area contributed by atoms with Gasteiger partial charge in [-0.1, -0.05) is 0 Å². The highest BCUT2D eigenvalue weighted by Gasteiger charge is 2.51. The van der Waals surface area contributed by atoms with E-state index >= 15 is 0 Å². The highest BCUT2D eigenvalue weighted by Crippen LogP contribution is 2.36. The number of hydrogen-bond acceptors (Lipinski definition) is 5. The van der Waals surface area contributed by atoms with Gasteiger partial charge in [0.1, 0.15) is 0 Å². The van der Waals surface area contributed by atoms with Crippen LogP contribution in [0.3, 0.4) is 0 Å². The van der Waals surface area contributed by atoms with Crippen molar-refractivity contribution in [3.05, 3.63) is 18.5 Å². The highest BCUT2D eigenvalue weighted by molar-refractivity contribution is 6.62. The van der Waals surface area contributed by atoms with Gasteiger partial charge in [0.25, 0.3) is 0 Å². The van der Waals surface area contributed by atoms with E-state index in [-0.39, 0.29) is 5.91 Å². The van der Waals surface area contributed by atoms with Crippen molar-refractivity contribution in [1.82, 2.24) is 9.88 Å². The first-order valence-electron chi connectivity index (χ1n) is 7.86. The SMILES string of the molecule is CN(C)CCC(=O)Nc1cncc(B2OC(C)(C)C(C)(C)O2)c1. The Hall–Kier alpha value is -1.44. The van der Waals surface area contributed by atoms with Crippen LogP contribution in [0.2, 0.25) is 0 Å². The normalized spacial score (nSPS) is 19.2. The molecule has 0 saturated carbocycles. The Labute approximate surface area is 138 Å². The van der Waals surface area contributed by atoms with Crippen molar-refractivity contribution < 1.29 is 14.1 Å². The van der Waals surface area contributed by atoms with Gasteiger partial charge in [0.05, 0.1) is 23.1 Å². The van der Waals surface area contributed by atoms with Gasteiger partial charge in [-0.25, -0.2) is 0 Å². The number of rotatable bonds is 5. The van der Waals surface area contributed by atoms with Crippen LogP contribution in [-0.4, -0.2) is 54.8 Å². The van der Waals surface area contributed by atoms with E-state index in [1.54, 1.807) is 12.4 Å². The Morgan fingerprint density at radius 2 is 1.83 bits per heavy atom. The molecule has 0 bridgehead atoms. The van der Waals surface area contributed by atoms with Gasteiger partial charge in [-0.2, -0.15) is 0 Å². The fraction of sp³-hybridized carbons (Fsp3) is 0.625. The third-order valence-electron chi connectivity index (χ3n) is 4.35. The minimum Gasteiger partial charge on any atom is -0.399 e. The van der Waals surface area contributed by atoms with Gasteiger partial charge in [-0.15, -0.1) is 0 Å². The first kappa shape index (κ1) is 17.9. The summed E-state index contributed by atoms with van der Waals surface area (Å²) in [6.07, 6.45) is 3.77. The van der Waals surface area contributed by atoms with E-state index in [9.17, 15) is 4.79 Å². The van der Waals surface area contributed by atoms with E-state index in [0.29, 0.717) is 18.7 Å². The number of amides is 1. The Morgan fingerprint density at radius 1 is 1.22 bits per heavy atom. The predicted molar refractivity (Wildman–Crippen MR) is 91.8 cm³/mol. The maximum absolute atomic E-state index is 11.9. The molecule has 1 aliphatic rings. The highest BCUT2D eigenvalue weighted by atomic mass is 16.7. The predicted octanol–water partition coefficient (Wildman–Crippen LogP) is 1.27. The molecule has 126 valence electrons. The van der Waals surface area contributed by atoms with Crippen molar-refractivity contribution in [2.75, 3.05) is 26.0 Å². The zero-order valence-electron chi connectivity index (χ0n) is 14.8. The standard InChI is InChI=1S/C16H26BN3O3/c1-15(2)16(3,4)23-17(22-15)12-9-13(11-18-10-12)19-14(21)7-8-20(5)6/h9-11H,7-8H2,1-6H3,(H,19,21). The summed E-state index contributed by atoms with van der Waals surface area (Å²) in [5.74, 6) is -0.0356. The van der Waals surface area contributed by atoms with Crippen molar-refractivity contribution in [1.29, 1.82) is 0 Å². The van der Waals surface area contributed by atoms with Crippen molar-refractivity contribution in [2.45, 2.75) is 45.3 Å². The molecule has 1 aromatic rings. The fourth-order valence-corrected chi connectivity index (χ4v) is 2.18. The maximum atomic E-state index is 11.9. The van der Waals surface area contributed by atoms with Crippen LogP contribution in [0.15, 0.2) is 18.5 Å². The lowest BCUT2D eigenvalue weighted by Crippen LogP contribution is -2.41. The molecule has 1 aliphatic heterocycles. The molecule has 1 amide bonds. The number of carbonyl (C=O) groups is 1. The molecule has 1 aromatic heterocycles. The smallest absolute Gasteiger partial charge is 0.399 e. The molecule has 1 saturated heterocycles. The van der Waals surface area contributed by atoms with E-state index in [1.807, 2.05) is 52.8 Å². The Morgan fingerprint density at radius 3 is 2.39 bits per heavy atom. The lowest BCUT2D eigenvalue weighted by molar-refractivity contribution is -0.116. The molecular formula is C16H26BN3O3. The third kappa shape index (κ3) is 4.31. The van der Waals surface area contributed by atoms with Gasteiger partial charge in [0, 0.05) is 24.6 Å². The first-order valence-corrected chi connectivity index (χ1v) is 7.86. The molecule has 2 heterocycles. The summed E-state index contributed by atoms with van der Waals surface area (Å²) < 4.78 is 12.0. The van der Waals surface area contributed by atoms with Gasteiger partial charge in [0.2, 0.25) is 5.91 Å². The van der Waals surface area contributed by atoms with Gasteiger partial charge in [0.15, 0.2) is 0 Å². The second-order valence-corrected chi connectivity index (χ2v) is 7.20. The minimum absolute atomic E-state index is 0.0356. The van der Waals surface area contributed by atoms with E-state index < -0.39 is 18.3 Å². The average molecular weight is 319 g/mol. The number of nitrogens with zero attached hydrogens (tertiary/aromatic N) is 2. The molecule has 0 atom stereocenters. The summed E-state index contributed by atoms with van der Waals surface area (Å²) in [6, 6.07) is 1.85. The van der Waals surface area contributed by atoms with Crippen LogP contribution in [0, 0.1) is 0 Å². The number of pyridine rings is 1. The molecule has 0 aliphatic carbocycles. The van der Waals surface area contributed by atoms with Gasteiger partial charge in [-0.3, -0.25) is 9.78 Å².